The fraction of sp³-hybridized carbons (Fsp3) is 0.100. The molecule has 5 rings (SSSR count). The summed E-state index contributed by atoms with van der Waals surface area (Å²) < 4.78 is 8.73. The van der Waals surface area contributed by atoms with E-state index in [1.54, 1.807) is 39.6 Å². The molecule has 5 aromatic rings. The lowest BCUT2D eigenvalue weighted by atomic mass is 10.3. The molecule has 0 bridgehead atoms. The Bertz CT molecular complexity index is 1320. The third kappa shape index (κ3) is 2.87. The molecular formula is C20H15N5O2S. The quantitative estimate of drug-likeness (QED) is 0.338. The summed E-state index contributed by atoms with van der Waals surface area (Å²) in [6.07, 6.45) is 3.33. The van der Waals surface area contributed by atoms with Gasteiger partial charge >= 0.3 is 5.76 Å². The average Bonchev–Trinajstić information content (AvgIpc) is 3.30. The van der Waals surface area contributed by atoms with Crippen LogP contribution in [0.1, 0.15) is 0 Å². The number of fused-ring (bicyclic) bond motifs is 2. The molecule has 0 aliphatic heterocycles. The van der Waals surface area contributed by atoms with Crippen LogP contribution in [0.2, 0.25) is 0 Å². The van der Waals surface area contributed by atoms with Gasteiger partial charge in [0.2, 0.25) is 0 Å². The van der Waals surface area contributed by atoms with E-state index in [9.17, 15) is 4.79 Å². The number of thioether (sulfide) groups is 1. The highest BCUT2D eigenvalue weighted by Gasteiger charge is 2.13. The summed E-state index contributed by atoms with van der Waals surface area (Å²) in [5.74, 6) is 0.332. The first-order valence-corrected chi connectivity index (χ1v) is 9.75. The number of hydrogen-bond acceptors (Lipinski definition) is 6. The minimum Gasteiger partial charge on any atom is -0.408 e. The molecule has 0 atom stereocenters. The lowest BCUT2D eigenvalue weighted by Crippen LogP contribution is -2.15. The van der Waals surface area contributed by atoms with Crippen molar-refractivity contribution < 1.29 is 4.42 Å². The van der Waals surface area contributed by atoms with Crippen molar-refractivity contribution in [2.75, 3.05) is 5.75 Å². The zero-order chi connectivity index (χ0) is 18.9. The number of para-hydroxylation sites is 3. The number of rotatable bonds is 5. The van der Waals surface area contributed by atoms with Crippen LogP contribution in [0.4, 0.5) is 0 Å². The first kappa shape index (κ1) is 16.8. The first-order chi connectivity index (χ1) is 13.8. The van der Waals surface area contributed by atoms with E-state index in [-0.39, 0.29) is 5.76 Å². The van der Waals surface area contributed by atoms with Gasteiger partial charge in [0.15, 0.2) is 11.2 Å². The van der Waals surface area contributed by atoms with E-state index in [2.05, 4.69) is 15.1 Å². The van der Waals surface area contributed by atoms with Crippen LogP contribution in [0.15, 0.2) is 81.4 Å². The molecule has 8 heteroatoms. The van der Waals surface area contributed by atoms with Gasteiger partial charge in [-0.15, -0.1) is 11.8 Å². The van der Waals surface area contributed by atoms with Crippen molar-refractivity contribution in [1.29, 1.82) is 0 Å². The van der Waals surface area contributed by atoms with Crippen molar-refractivity contribution in [3.8, 4) is 5.69 Å². The Kier molecular flexibility index (Phi) is 4.17. The molecule has 0 N–H and O–H groups in total. The van der Waals surface area contributed by atoms with Crippen LogP contribution in [0, 0.1) is 0 Å². The van der Waals surface area contributed by atoms with Gasteiger partial charge in [0.25, 0.3) is 0 Å². The zero-order valence-electron chi connectivity index (χ0n) is 14.7. The van der Waals surface area contributed by atoms with Crippen molar-refractivity contribution >= 4 is 33.9 Å². The van der Waals surface area contributed by atoms with E-state index < -0.39 is 0 Å². The molecule has 0 aliphatic rings. The van der Waals surface area contributed by atoms with Gasteiger partial charge in [0.05, 0.1) is 22.8 Å². The molecule has 28 heavy (non-hydrogen) atoms. The second-order valence-corrected chi connectivity index (χ2v) is 7.23. The Morgan fingerprint density at radius 1 is 1.00 bits per heavy atom. The summed E-state index contributed by atoms with van der Waals surface area (Å²) in [6, 6.07) is 17.3. The van der Waals surface area contributed by atoms with Crippen molar-refractivity contribution in [3.63, 3.8) is 0 Å². The molecule has 0 spiro atoms. The molecule has 0 fully saturated rings. The third-order valence-electron chi connectivity index (χ3n) is 4.46. The van der Waals surface area contributed by atoms with E-state index in [0.29, 0.717) is 17.9 Å². The summed E-state index contributed by atoms with van der Waals surface area (Å²) in [5, 5.41) is 6.20. The lowest BCUT2D eigenvalue weighted by Gasteiger charge is -2.05. The number of oxazole rings is 1. The summed E-state index contributed by atoms with van der Waals surface area (Å²) in [5.41, 5.74) is 3.11. The molecule has 138 valence electrons. The number of benzene rings is 2. The Morgan fingerprint density at radius 3 is 2.71 bits per heavy atom. The van der Waals surface area contributed by atoms with Crippen molar-refractivity contribution in [2.45, 2.75) is 11.6 Å². The van der Waals surface area contributed by atoms with Crippen LogP contribution in [-0.2, 0) is 6.54 Å². The maximum Gasteiger partial charge on any atom is 0.419 e. The van der Waals surface area contributed by atoms with Gasteiger partial charge in [-0.2, -0.15) is 5.10 Å². The number of aryl methyl sites for hydroxylation is 1. The van der Waals surface area contributed by atoms with E-state index in [0.717, 1.165) is 27.3 Å². The Hall–Kier alpha value is -3.39. The van der Waals surface area contributed by atoms with E-state index >= 15 is 0 Å². The monoisotopic (exact) mass is 389 g/mol. The van der Waals surface area contributed by atoms with Crippen molar-refractivity contribution in [1.82, 2.24) is 24.3 Å². The second-order valence-electron chi connectivity index (χ2n) is 6.14. The SMILES string of the molecule is O=c1oc2ccccc2n1CCSc1ncnc2c1cnn2-c1ccccc1. The van der Waals surface area contributed by atoms with E-state index in [1.165, 1.54) is 0 Å². The molecule has 3 aromatic heterocycles. The third-order valence-corrected chi connectivity index (χ3v) is 5.44. The van der Waals surface area contributed by atoms with Crippen molar-refractivity contribution in [2.24, 2.45) is 0 Å². The number of hydrogen-bond donors (Lipinski definition) is 0. The fourth-order valence-corrected chi connectivity index (χ4v) is 4.04. The van der Waals surface area contributed by atoms with E-state index in [4.69, 9.17) is 4.42 Å². The fourth-order valence-electron chi connectivity index (χ4n) is 3.16. The summed E-state index contributed by atoms with van der Waals surface area (Å²) in [7, 11) is 0. The van der Waals surface area contributed by atoms with Crippen LogP contribution < -0.4 is 5.76 Å². The molecular weight excluding hydrogens is 374 g/mol. The Labute approximate surface area is 163 Å². The van der Waals surface area contributed by atoms with Gasteiger partial charge in [-0.3, -0.25) is 4.57 Å². The molecule has 0 amide bonds. The van der Waals surface area contributed by atoms with Gasteiger partial charge in [-0.1, -0.05) is 30.3 Å². The van der Waals surface area contributed by atoms with Gasteiger partial charge in [0, 0.05) is 12.3 Å². The largest absolute Gasteiger partial charge is 0.419 e. The standard InChI is InChI=1S/C20H15N5O2S/c26-20-24(16-8-4-5-9-17(16)27-20)10-11-28-19-15-12-23-25(18(15)21-13-22-19)14-6-2-1-3-7-14/h1-9,12-13H,10-11H2. The molecule has 0 unspecified atom stereocenters. The normalized spacial score (nSPS) is 11.4. The Balaban J connectivity index is 1.41. The lowest BCUT2D eigenvalue weighted by molar-refractivity contribution is 0.514. The maximum absolute atomic E-state index is 12.1. The van der Waals surface area contributed by atoms with Gasteiger partial charge in [-0.05, 0) is 24.3 Å². The van der Waals surface area contributed by atoms with Gasteiger partial charge in [0.1, 0.15) is 11.4 Å². The van der Waals surface area contributed by atoms with Crippen LogP contribution in [-0.4, -0.2) is 30.1 Å². The van der Waals surface area contributed by atoms with Crippen molar-refractivity contribution in [3.05, 3.63) is 77.7 Å². The molecule has 0 radical (unpaired) electrons. The number of aromatic nitrogens is 5. The first-order valence-electron chi connectivity index (χ1n) is 8.76. The predicted octanol–water partition coefficient (Wildman–Crippen LogP) is 3.52. The summed E-state index contributed by atoms with van der Waals surface area (Å²) in [4.78, 5) is 20.9. The molecule has 3 heterocycles. The molecule has 0 aliphatic carbocycles. The molecule has 0 saturated heterocycles. The smallest absolute Gasteiger partial charge is 0.408 e. The molecule has 0 saturated carbocycles. The second kappa shape index (κ2) is 6.97. The molecule has 2 aromatic carbocycles. The van der Waals surface area contributed by atoms with Crippen LogP contribution in [0.3, 0.4) is 0 Å². The van der Waals surface area contributed by atoms with Crippen LogP contribution in [0.25, 0.3) is 27.8 Å². The average molecular weight is 389 g/mol. The summed E-state index contributed by atoms with van der Waals surface area (Å²) in [6.45, 7) is 0.527. The highest BCUT2D eigenvalue weighted by molar-refractivity contribution is 7.99. The van der Waals surface area contributed by atoms with Gasteiger partial charge in [-0.25, -0.2) is 19.4 Å². The summed E-state index contributed by atoms with van der Waals surface area (Å²) >= 11 is 1.57. The predicted molar refractivity (Wildman–Crippen MR) is 108 cm³/mol. The maximum atomic E-state index is 12.1. The zero-order valence-corrected chi connectivity index (χ0v) is 15.5. The van der Waals surface area contributed by atoms with E-state index in [1.807, 2.05) is 48.5 Å². The topological polar surface area (TPSA) is 78.7 Å². The minimum atomic E-state index is -0.341. The molecule has 7 nitrogen and oxygen atoms in total. The van der Waals surface area contributed by atoms with Gasteiger partial charge < -0.3 is 4.42 Å². The highest BCUT2D eigenvalue weighted by atomic mass is 32.2. The minimum absolute atomic E-state index is 0.341. The highest BCUT2D eigenvalue weighted by Crippen LogP contribution is 2.26. The van der Waals surface area contributed by atoms with Crippen LogP contribution in [0.5, 0.6) is 0 Å². The Morgan fingerprint density at radius 2 is 1.82 bits per heavy atom. The number of nitrogens with zero attached hydrogens (tertiary/aromatic N) is 5. The van der Waals surface area contributed by atoms with Crippen LogP contribution >= 0.6 is 11.8 Å².